The number of aromatic nitrogens is 1. The Morgan fingerprint density at radius 3 is 2.44 bits per heavy atom. The van der Waals surface area contributed by atoms with Crippen molar-refractivity contribution in [2.24, 2.45) is 0 Å². The van der Waals surface area contributed by atoms with E-state index in [9.17, 15) is 4.79 Å². The second kappa shape index (κ2) is 4.48. The predicted octanol–water partition coefficient (Wildman–Crippen LogP) is 4.73. The summed E-state index contributed by atoms with van der Waals surface area (Å²) >= 11 is 11.9. The summed E-state index contributed by atoms with van der Waals surface area (Å²) in [4.78, 5) is 12.0. The SMILES string of the molecule is CC(C)(C)OC(=O)n1ccc2cc(Cl)c(Cl)cc21. The molecule has 0 atom stereocenters. The molecule has 18 heavy (non-hydrogen) atoms. The third-order valence-electron chi connectivity index (χ3n) is 2.32. The van der Waals surface area contributed by atoms with Crippen LogP contribution in [-0.4, -0.2) is 16.3 Å². The van der Waals surface area contributed by atoms with Crippen LogP contribution in [0.15, 0.2) is 24.4 Å². The minimum atomic E-state index is -0.538. The molecular formula is C13H13Cl2NO2. The number of carbonyl (C=O) groups excluding carboxylic acids is 1. The number of hydrogen-bond acceptors (Lipinski definition) is 2. The van der Waals surface area contributed by atoms with Gasteiger partial charge in [0.15, 0.2) is 0 Å². The Kier molecular flexibility index (Phi) is 3.30. The van der Waals surface area contributed by atoms with Gasteiger partial charge in [-0.05, 0) is 39.0 Å². The molecule has 96 valence electrons. The number of carbonyl (C=O) groups is 1. The largest absolute Gasteiger partial charge is 0.443 e. The Hall–Kier alpha value is -1.19. The molecular weight excluding hydrogens is 273 g/mol. The molecule has 0 aliphatic rings. The third-order valence-corrected chi connectivity index (χ3v) is 3.04. The van der Waals surface area contributed by atoms with Crippen LogP contribution in [0.3, 0.4) is 0 Å². The number of hydrogen-bond donors (Lipinski definition) is 0. The maximum atomic E-state index is 12.0. The molecule has 2 rings (SSSR count). The van der Waals surface area contributed by atoms with E-state index in [0.29, 0.717) is 15.6 Å². The van der Waals surface area contributed by atoms with Crippen LogP contribution in [-0.2, 0) is 4.74 Å². The van der Waals surface area contributed by atoms with Crippen LogP contribution in [0.1, 0.15) is 20.8 Å². The van der Waals surface area contributed by atoms with E-state index in [-0.39, 0.29) is 0 Å². The van der Waals surface area contributed by atoms with Crippen LogP contribution in [0.5, 0.6) is 0 Å². The van der Waals surface area contributed by atoms with Crippen molar-refractivity contribution in [3.63, 3.8) is 0 Å². The van der Waals surface area contributed by atoms with Crippen LogP contribution in [0.25, 0.3) is 10.9 Å². The van der Waals surface area contributed by atoms with Gasteiger partial charge >= 0.3 is 6.09 Å². The van der Waals surface area contributed by atoms with Crippen molar-refractivity contribution in [3.8, 4) is 0 Å². The first-order chi connectivity index (χ1) is 8.28. The lowest BCUT2D eigenvalue weighted by Gasteiger charge is -2.19. The molecule has 0 saturated carbocycles. The van der Waals surface area contributed by atoms with Crippen LogP contribution in [0, 0.1) is 0 Å². The Labute approximate surface area is 115 Å². The van der Waals surface area contributed by atoms with E-state index in [0.717, 1.165) is 5.39 Å². The van der Waals surface area contributed by atoms with Gasteiger partial charge in [-0.3, -0.25) is 4.57 Å². The Balaban J connectivity index is 2.46. The highest BCUT2D eigenvalue weighted by molar-refractivity contribution is 6.42. The molecule has 0 N–H and O–H groups in total. The van der Waals surface area contributed by atoms with Gasteiger partial charge in [0, 0.05) is 11.6 Å². The predicted molar refractivity (Wildman–Crippen MR) is 73.6 cm³/mol. The van der Waals surface area contributed by atoms with Gasteiger partial charge in [-0.1, -0.05) is 23.2 Å². The molecule has 3 nitrogen and oxygen atoms in total. The Morgan fingerprint density at radius 2 is 1.83 bits per heavy atom. The summed E-state index contributed by atoms with van der Waals surface area (Å²) in [7, 11) is 0. The summed E-state index contributed by atoms with van der Waals surface area (Å²) in [5, 5.41) is 1.72. The smallest absolute Gasteiger partial charge is 0.418 e. The van der Waals surface area contributed by atoms with Crippen LogP contribution in [0.4, 0.5) is 4.79 Å². The van der Waals surface area contributed by atoms with Crippen molar-refractivity contribution in [1.82, 2.24) is 4.57 Å². The minimum Gasteiger partial charge on any atom is -0.443 e. The molecule has 5 heteroatoms. The molecule has 0 bridgehead atoms. The number of halogens is 2. The monoisotopic (exact) mass is 285 g/mol. The van der Waals surface area contributed by atoms with Crippen LogP contribution < -0.4 is 0 Å². The van der Waals surface area contributed by atoms with Gasteiger partial charge in [0.2, 0.25) is 0 Å². The van der Waals surface area contributed by atoms with Crippen molar-refractivity contribution in [2.75, 3.05) is 0 Å². The summed E-state index contributed by atoms with van der Waals surface area (Å²) in [6.45, 7) is 5.46. The summed E-state index contributed by atoms with van der Waals surface area (Å²) in [6, 6.07) is 5.17. The molecule has 0 aliphatic heterocycles. The van der Waals surface area contributed by atoms with E-state index in [2.05, 4.69) is 0 Å². The topological polar surface area (TPSA) is 31.2 Å². The zero-order valence-electron chi connectivity index (χ0n) is 10.3. The lowest BCUT2D eigenvalue weighted by atomic mass is 10.2. The maximum absolute atomic E-state index is 12.0. The highest BCUT2D eigenvalue weighted by atomic mass is 35.5. The van der Waals surface area contributed by atoms with E-state index in [4.69, 9.17) is 27.9 Å². The number of rotatable bonds is 0. The second-order valence-corrected chi connectivity index (χ2v) is 5.81. The number of ether oxygens (including phenoxy) is 1. The lowest BCUT2D eigenvalue weighted by Crippen LogP contribution is -2.26. The van der Waals surface area contributed by atoms with Crippen molar-refractivity contribution in [3.05, 3.63) is 34.4 Å². The highest BCUT2D eigenvalue weighted by Gasteiger charge is 2.19. The highest BCUT2D eigenvalue weighted by Crippen LogP contribution is 2.28. The molecule has 1 aromatic heterocycles. The number of benzene rings is 1. The maximum Gasteiger partial charge on any atom is 0.418 e. The first kappa shape index (κ1) is 13.2. The fourth-order valence-corrected chi connectivity index (χ4v) is 1.93. The quantitative estimate of drug-likeness (QED) is 0.701. The molecule has 1 aromatic carbocycles. The molecule has 0 amide bonds. The number of fused-ring (bicyclic) bond motifs is 1. The molecule has 0 unspecified atom stereocenters. The number of nitrogens with zero attached hydrogens (tertiary/aromatic N) is 1. The Morgan fingerprint density at radius 1 is 1.22 bits per heavy atom. The van der Waals surface area contributed by atoms with Crippen LogP contribution >= 0.6 is 23.2 Å². The van der Waals surface area contributed by atoms with Gasteiger partial charge in [-0.2, -0.15) is 0 Å². The first-order valence-corrected chi connectivity index (χ1v) is 6.23. The van der Waals surface area contributed by atoms with Gasteiger partial charge in [-0.15, -0.1) is 0 Å². The van der Waals surface area contributed by atoms with Gasteiger partial charge in [0.1, 0.15) is 5.60 Å². The third kappa shape index (κ3) is 2.62. The molecule has 0 aliphatic carbocycles. The van der Waals surface area contributed by atoms with E-state index >= 15 is 0 Å². The zero-order chi connectivity index (χ0) is 13.5. The molecule has 0 spiro atoms. The van der Waals surface area contributed by atoms with Crippen molar-refractivity contribution >= 4 is 40.2 Å². The van der Waals surface area contributed by atoms with Gasteiger partial charge in [-0.25, -0.2) is 4.79 Å². The fourth-order valence-electron chi connectivity index (χ4n) is 1.60. The molecule has 0 radical (unpaired) electrons. The van der Waals surface area contributed by atoms with E-state index < -0.39 is 11.7 Å². The summed E-state index contributed by atoms with van der Waals surface area (Å²) in [5.74, 6) is 0. The van der Waals surface area contributed by atoms with Gasteiger partial charge < -0.3 is 4.74 Å². The normalized spacial score (nSPS) is 11.8. The zero-order valence-corrected chi connectivity index (χ0v) is 11.8. The Bertz CT molecular complexity index is 611. The average molecular weight is 286 g/mol. The summed E-state index contributed by atoms with van der Waals surface area (Å²) in [6.07, 6.45) is 1.21. The second-order valence-electron chi connectivity index (χ2n) is 4.99. The molecule has 1 heterocycles. The average Bonchev–Trinajstić information content (AvgIpc) is 2.59. The van der Waals surface area contributed by atoms with E-state index in [1.54, 1.807) is 24.4 Å². The van der Waals surface area contributed by atoms with Gasteiger partial charge in [0.05, 0.1) is 15.6 Å². The van der Waals surface area contributed by atoms with Crippen molar-refractivity contribution in [1.29, 1.82) is 0 Å². The minimum absolute atomic E-state index is 0.410. The molecule has 0 fully saturated rings. The van der Waals surface area contributed by atoms with Gasteiger partial charge in [0.25, 0.3) is 0 Å². The first-order valence-electron chi connectivity index (χ1n) is 5.47. The summed E-state index contributed by atoms with van der Waals surface area (Å²) in [5.41, 5.74) is 0.142. The molecule has 0 saturated heterocycles. The van der Waals surface area contributed by atoms with E-state index in [1.807, 2.05) is 20.8 Å². The van der Waals surface area contributed by atoms with Crippen molar-refractivity contribution < 1.29 is 9.53 Å². The molecule has 2 aromatic rings. The standard InChI is InChI=1S/C13H13Cl2NO2/c1-13(2,3)18-12(17)16-5-4-8-6-9(14)10(15)7-11(8)16/h4-7H,1-3H3. The fraction of sp³-hybridized carbons (Fsp3) is 0.308. The van der Waals surface area contributed by atoms with Crippen LogP contribution in [0.2, 0.25) is 10.0 Å². The summed E-state index contributed by atoms with van der Waals surface area (Å²) < 4.78 is 6.73. The van der Waals surface area contributed by atoms with E-state index in [1.165, 1.54) is 4.57 Å². The van der Waals surface area contributed by atoms with Crippen molar-refractivity contribution in [2.45, 2.75) is 26.4 Å². The lowest BCUT2D eigenvalue weighted by molar-refractivity contribution is 0.0544.